The van der Waals surface area contributed by atoms with Crippen molar-refractivity contribution in [1.29, 1.82) is 0 Å². The van der Waals surface area contributed by atoms with Gasteiger partial charge in [-0.15, -0.1) is 11.3 Å². The molecule has 0 saturated heterocycles. The Labute approximate surface area is 134 Å². The van der Waals surface area contributed by atoms with E-state index in [0.29, 0.717) is 24.8 Å². The molecule has 2 amide bonds. The Bertz CT molecular complexity index is 594. The maximum absolute atomic E-state index is 12.1. The van der Waals surface area contributed by atoms with Gasteiger partial charge in [0.2, 0.25) is 0 Å². The summed E-state index contributed by atoms with van der Waals surface area (Å²) in [5.41, 5.74) is 0.898. The van der Waals surface area contributed by atoms with E-state index in [4.69, 9.17) is 4.52 Å². The van der Waals surface area contributed by atoms with Crippen molar-refractivity contribution in [1.82, 2.24) is 20.4 Å². The van der Waals surface area contributed by atoms with Crippen LogP contribution in [0.1, 0.15) is 49.1 Å². The van der Waals surface area contributed by atoms with Crippen LogP contribution in [0.2, 0.25) is 0 Å². The molecule has 0 spiro atoms. The minimum atomic E-state index is -0.133. The summed E-state index contributed by atoms with van der Waals surface area (Å²) in [5.74, 6) is 1.20. The number of rotatable bonds is 6. The van der Waals surface area contributed by atoms with Crippen LogP contribution in [0.3, 0.4) is 0 Å². The number of hydrogen-bond donors (Lipinski definition) is 1. The predicted octanol–water partition coefficient (Wildman–Crippen LogP) is 3.20. The summed E-state index contributed by atoms with van der Waals surface area (Å²) in [6.45, 7) is 7.12. The summed E-state index contributed by atoms with van der Waals surface area (Å²) in [5, 5.41) is 9.80. The van der Waals surface area contributed by atoms with Gasteiger partial charge in [0.05, 0.1) is 17.2 Å². The maximum Gasteiger partial charge on any atom is 0.317 e. The Balaban J connectivity index is 1.80. The van der Waals surface area contributed by atoms with Gasteiger partial charge in [-0.05, 0) is 5.92 Å². The molecule has 2 rings (SSSR count). The Morgan fingerprint density at radius 3 is 2.82 bits per heavy atom. The summed E-state index contributed by atoms with van der Waals surface area (Å²) in [6, 6.07) is 1.74. The predicted molar refractivity (Wildman–Crippen MR) is 86.0 cm³/mol. The third-order valence-electron chi connectivity index (χ3n) is 3.35. The van der Waals surface area contributed by atoms with E-state index in [-0.39, 0.29) is 11.9 Å². The molecule has 1 unspecified atom stereocenters. The van der Waals surface area contributed by atoms with Crippen LogP contribution in [0.4, 0.5) is 4.79 Å². The van der Waals surface area contributed by atoms with Crippen LogP contribution in [-0.2, 0) is 6.54 Å². The first-order valence-electron chi connectivity index (χ1n) is 7.31. The van der Waals surface area contributed by atoms with Gasteiger partial charge in [-0.2, -0.15) is 0 Å². The average Bonchev–Trinajstić information content (AvgIpc) is 3.15. The lowest BCUT2D eigenvalue weighted by Gasteiger charge is -2.20. The maximum atomic E-state index is 12.1. The lowest BCUT2D eigenvalue weighted by Crippen LogP contribution is -2.38. The fourth-order valence-electron chi connectivity index (χ4n) is 2.03. The van der Waals surface area contributed by atoms with E-state index in [1.54, 1.807) is 29.5 Å². The van der Waals surface area contributed by atoms with Gasteiger partial charge in [0, 0.05) is 37.2 Å². The smallest absolute Gasteiger partial charge is 0.317 e. The molecule has 0 aromatic carbocycles. The molecule has 1 N–H and O–H groups in total. The zero-order chi connectivity index (χ0) is 16.1. The zero-order valence-corrected chi connectivity index (χ0v) is 14.2. The van der Waals surface area contributed by atoms with Gasteiger partial charge in [0.25, 0.3) is 0 Å². The molecule has 120 valence electrons. The van der Waals surface area contributed by atoms with Gasteiger partial charge in [-0.1, -0.05) is 25.9 Å². The third kappa shape index (κ3) is 4.30. The molecule has 7 heteroatoms. The number of aromatic nitrogens is 2. The Hall–Kier alpha value is -1.89. The third-order valence-corrected chi connectivity index (χ3v) is 4.36. The van der Waals surface area contributed by atoms with Gasteiger partial charge in [-0.3, -0.25) is 0 Å². The van der Waals surface area contributed by atoms with Crippen LogP contribution < -0.4 is 5.32 Å². The molecule has 1 atom stereocenters. The SMILES string of the molecule is CC(C)c1cc(CNC(=O)N(C)CC(C)c2nccs2)on1. The van der Waals surface area contributed by atoms with E-state index in [2.05, 4.69) is 22.4 Å². The standard InChI is InChI=1S/C15H22N4O2S/c1-10(2)13-7-12(21-18-13)8-17-15(20)19(4)9-11(3)14-16-5-6-22-14/h5-7,10-11H,8-9H2,1-4H3,(H,17,20). The second-order valence-corrected chi connectivity index (χ2v) is 6.61. The van der Waals surface area contributed by atoms with Gasteiger partial charge in [-0.25, -0.2) is 9.78 Å². The van der Waals surface area contributed by atoms with Crippen LogP contribution in [0.25, 0.3) is 0 Å². The molecule has 0 aliphatic heterocycles. The summed E-state index contributed by atoms with van der Waals surface area (Å²) >= 11 is 1.61. The molecule has 0 bridgehead atoms. The molecule has 0 radical (unpaired) electrons. The molecule has 6 nitrogen and oxygen atoms in total. The van der Waals surface area contributed by atoms with E-state index in [1.165, 1.54) is 0 Å². The molecule has 0 fully saturated rings. The topological polar surface area (TPSA) is 71.3 Å². The Kier molecular flexibility index (Phi) is 5.54. The number of urea groups is 1. The van der Waals surface area contributed by atoms with Crippen molar-refractivity contribution in [3.63, 3.8) is 0 Å². The highest BCUT2D eigenvalue weighted by Gasteiger charge is 2.16. The Morgan fingerprint density at radius 2 is 2.23 bits per heavy atom. The fourth-order valence-corrected chi connectivity index (χ4v) is 2.72. The number of amides is 2. The fraction of sp³-hybridized carbons (Fsp3) is 0.533. The van der Waals surface area contributed by atoms with Crippen LogP contribution in [-0.4, -0.2) is 34.7 Å². The van der Waals surface area contributed by atoms with Crippen LogP contribution >= 0.6 is 11.3 Å². The largest absolute Gasteiger partial charge is 0.359 e. The Morgan fingerprint density at radius 1 is 1.45 bits per heavy atom. The molecule has 22 heavy (non-hydrogen) atoms. The number of nitrogens with one attached hydrogen (secondary N) is 1. The van der Waals surface area contributed by atoms with Crippen LogP contribution in [0, 0.1) is 0 Å². The van der Waals surface area contributed by atoms with Crippen molar-refractivity contribution in [2.24, 2.45) is 0 Å². The molecule has 0 saturated carbocycles. The van der Waals surface area contributed by atoms with Crippen molar-refractivity contribution in [3.05, 3.63) is 34.1 Å². The van der Waals surface area contributed by atoms with E-state index in [1.807, 2.05) is 25.3 Å². The summed E-state index contributed by atoms with van der Waals surface area (Å²) in [6.07, 6.45) is 1.78. The zero-order valence-electron chi connectivity index (χ0n) is 13.4. The minimum Gasteiger partial charge on any atom is -0.359 e. The second kappa shape index (κ2) is 7.40. The monoisotopic (exact) mass is 322 g/mol. The first-order chi connectivity index (χ1) is 10.5. The van der Waals surface area contributed by atoms with Gasteiger partial charge in [0.1, 0.15) is 0 Å². The van der Waals surface area contributed by atoms with Crippen molar-refractivity contribution in [2.45, 2.75) is 39.2 Å². The first kappa shape index (κ1) is 16.5. The summed E-state index contributed by atoms with van der Waals surface area (Å²) in [4.78, 5) is 18.0. The van der Waals surface area contributed by atoms with Crippen molar-refractivity contribution in [2.75, 3.05) is 13.6 Å². The molecule has 0 aliphatic rings. The number of carbonyl (C=O) groups is 1. The highest BCUT2D eigenvalue weighted by molar-refractivity contribution is 7.09. The van der Waals surface area contributed by atoms with E-state index < -0.39 is 0 Å². The molecular weight excluding hydrogens is 300 g/mol. The highest BCUT2D eigenvalue weighted by Crippen LogP contribution is 2.18. The van der Waals surface area contributed by atoms with Gasteiger partial charge in [0.15, 0.2) is 5.76 Å². The number of thiazole rings is 1. The molecule has 2 aromatic rings. The quantitative estimate of drug-likeness (QED) is 0.886. The number of likely N-dealkylation sites (N-methyl/N-ethyl adjacent to an activating group) is 1. The van der Waals surface area contributed by atoms with Gasteiger partial charge < -0.3 is 14.7 Å². The van der Waals surface area contributed by atoms with Crippen molar-refractivity contribution < 1.29 is 9.32 Å². The minimum absolute atomic E-state index is 0.133. The summed E-state index contributed by atoms with van der Waals surface area (Å²) < 4.78 is 5.20. The molecule has 2 heterocycles. The first-order valence-corrected chi connectivity index (χ1v) is 8.19. The normalized spacial score (nSPS) is 12.4. The molecular formula is C15H22N4O2S. The van der Waals surface area contributed by atoms with Crippen molar-refractivity contribution >= 4 is 17.4 Å². The second-order valence-electron chi connectivity index (χ2n) is 5.68. The van der Waals surface area contributed by atoms with E-state index in [0.717, 1.165) is 10.7 Å². The average molecular weight is 322 g/mol. The van der Waals surface area contributed by atoms with E-state index >= 15 is 0 Å². The molecule has 2 aromatic heterocycles. The lowest BCUT2D eigenvalue weighted by molar-refractivity contribution is 0.204. The van der Waals surface area contributed by atoms with Gasteiger partial charge >= 0.3 is 6.03 Å². The van der Waals surface area contributed by atoms with Crippen LogP contribution in [0.15, 0.2) is 22.2 Å². The molecule has 0 aliphatic carbocycles. The highest BCUT2D eigenvalue weighted by atomic mass is 32.1. The number of nitrogens with zero attached hydrogens (tertiary/aromatic N) is 3. The number of hydrogen-bond acceptors (Lipinski definition) is 5. The van der Waals surface area contributed by atoms with E-state index in [9.17, 15) is 4.79 Å². The van der Waals surface area contributed by atoms with Crippen LogP contribution in [0.5, 0.6) is 0 Å². The summed E-state index contributed by atoms with van der Waals surface area (Å²) in [7, 11) is 1.78. The lowest BCUT2D eigenvalue weighted by atomic mass is 10.1. The number of carbonyl (C=O) groups excluding carboxylic acids is 1. The van der Waals surface area contributed by atoms with Crippen molar-refractivity contribution in [3.8, 4) is 0 Å².